The van der Waals surface area contributed by atoms with Crippen molar-refractivity contribution in [3.63, 3.8) is 0 Å². The minimum Gasteiger partial charge on any atom is -0.466 e. The molecule has 0 aromatic heterocycles. The van der Waals surface area contributed by atoms with Crippen LogP contribution >= 0.6 is 0 Å². The SMILES string of the molecule is COCO[C@H]1CC[C@]2(C)C3CC[C@]4(C)[C@@H](C(C)CCCCCCOC(C)=O)CC[C@H]4C3=CC(=O)[C@H]2C1. The van der Waals surface area contributed by atoms with E-state index in [0.29, 0.717) is 36.4 Å². The third-order valence-electron chi connectivity index (χ3n) is 10.9. The number of fused-ring (bicyclic) bond motifs is 5. The van der Waals surface area contributed by atoms with E-state index in [2.05, 4.69) is 26.8 Å². The highest BCUT2D eigenvalue weighted by atomic mass is 16.7. The molecule has 0 spiro atoms. The predicted octanol–water partition coefficient (Wildman–Crippen LogP) is 6.88. The second kappa shape index (κ2) is 11.7. The topological polar surface area (TPSA) is 61.8 Å². The molecule has 4 aliphatic rings. The van der Waals surface area contributed by atoms with Gasteiger partial charge in [-0.1, -0.05) is 52.0 Å². The summed E-state index contributed by atoms with van der Waals surface area (Å²) < 4.78 is 16.1. The maximum atomic E-state index is 13.5. The van der Waals surface area contributed by atoms with Crippen LogP contribution in [-0.4, -0.2) is 38.4 Å². The lowest BCUT2D eigenvalue weighted by molar-refractivity contribution is -0.142. The zero-order chi connectivity index (χ0) is 25.9. The van der Waals surface area contributed by atoms with Crippen LogP contribution in [0, 0.1) is 40.4 Å². The van der Waals surface area contributed by atoms with Gasteiger partial charge in [-0.15, -0.1) is 0 Å². The number of unbranched alkanes of at least 4 members (excludes halogenated alkanes) is 3. The summed E-state index contributed by atoms with van der Waals surface area (Å²) >= 11 is 0. The maximum Gasteiger partial charge on any atom is 0.302 e. The van der Waals surface area contributed by atoms with Gasteiger partial charge in [0.25, 0.3) is 0 Å². The van der Waals surface area contributed by atoms with E-state index in [4.69, 9.17) is 14.2 Å². The molecule has 4 rings (SSSR count). The number of allylic oxidation sites excluding steroid dienone is 2. The minimum atomic E-state index is -0.176. The number of methoxy groups -OCH3 is 1. The first-order chi connectivity index (χ1) is 17.2. The number of hydrogen-bond acceptors (Lipinski definition) is 5. The molecule has 204 valence electrons. The van der Waals surface area contributed by atoms with Crippen LogP contribution in [0.4, 0.5) is 0 Å². The fourth-order valence-electron chi connectivity index (χ4n) is 8.96. The van der Waals surface area contributed by atoms with Crippen LogP contribution in [0.5, 0.6) is 0 Å². The van der Waals surface area contributed by atoms with Crippen molar-refractivity contribution in [3.05, 3.63) is 11.6 Å². The van der Waals surface area contributed by atoms with Gasteiger partial charge in [0.2, 0.25) is 0 Å². The first-order valence-electron chi connectivity index (χ1n) is 14.7. The molecule has 0 aromatic carbocycles. The van der Waals surface area contributed by atoms with E-state index in [0.717, 1.165) is 43.9 Å². The molecule has 0 aliphatic heterocycles. The average molecular weight is 503 g/mol. The fourth-order valence-corrected chi connectivity index (χ4v) is 8.96. The van der Waals surface area contributed by atoms with Gasteiger partial charge in [-0.2, -0.15) is 0 Å². The van der Waals surface area contributed by atoms with Crippen molar-refractivity contribution < 1.29 is 23.8 Å². The van der Waals surface area contributed by atoms with E-state index in [1.54, 1.807) is 7.11 Å². The molecule has 3 fully saturated rings. The summed E-state index contributed by atoms with van der Waals surface area (Å²) in [4.78, 5) is 24.4. The number of esters is 1. The second-order valence-corrected chi connectivity index (χ2v) is 12.9. The molecule has 8 atom stereocenters. The number of rotatable bonds is 11. The highest BCUT2D eigenvalue weighted by Crippen LogP contribution is 2.66. The summed E-state index contributed by atoms with van der Waals surface area (Å²) in [6.45, 7) is 9.80. The van der Waals surface area contributed by atoms with Crippen molar-refractivity contribution in [2.45, 2.75) is 111 Å². The Morgan fingerprint density at radius 3 is 2.47 bits per heavy atom. The number of carbonyl (C=O) groups is 2. The largest absolute Gasteiger partial charge is 0.466 e. The zero-order valence-electron chi connectivity index (χ0n) is 23.5. The second-order valence-electron chi connectivity index (χ2n) is 12.9. The molecular weight excluding hydrogens is 452 g/mol. The number of ketones is 1. The monoisotopic (exact) mass is 502 g/mol. The fraction of sp³-hybridized carbons (Fsp3) is 0.871. The predicted molar refractivity (Wildman–Crippen MR) is 141 cm³/mol. The normalized spacial score (nSPS) is 38.5. The first-order valence-corrected chi connectivity index (χ1v) is 14.7. The van der Waals surface area contributed by atoms with Crippen LogP contribution in [0.1, 0.15) is 105 Å². The van der Waals surface area contributed by atoms with Gasteiger partial charge in [-0.25, -0.2) is 0 Å². The van der Waals surface area contributed by atoms with Crippen LogP contribution < -0.4 is 0 Å². The molecule has 0 amide bonds. The third kappa shape index (κ3) is 5.48. The van der Waals surface area contributed by atoms with Gasteiger partial charge in [0.1, 0.15) is 6.79 Å². The molecule has 5 nitrogen and oxygen atoms in total. The Kier molecular flexibility index (Phi) is 9.03. The van der Waals surface area contributed by atoms with E-state index in [1.807, 2.05) is 0 Å². The van der Waals surface area contributed by atoms with Crippen LogP contribution in [-0.2, 0) is 23.8 Å². The lowest BCUT2D eigenvalue weighted by Gasteiger charge is -2.57. The zero-order valence-corrected chi connectivity index (χ0v) is 23.5. The van der Waals surface area contributed by atoms with Gasteiger partial charge in [-0.3, -0.25) is 9.59 Å². The van der Waals surface area contributed by atoms with Crippen LogP contribution in [0.3, 0.4) is 0 Å². The standard InChI is InChI=1S/C31H50O5/c1-21(10-8-6-7-9-17-35-22(2)32)25-11-12-26-24-19-29(33)28-18-23(36-20-34-5)13-15-31(28,4)27(24)14-16-30(25,26)3/h19,21,23,25-28H,6-18,20H2,1-5H3/t21?,23-,25+,26-,27?,28+,30+,31+/m0/s1. The smallest absolute Gasteiger partial charge is 0.302 e. The Bertz CT molecular complexity index is 820. The van der Waals surface area contributed by atoms with Gasteiger partial charge in [0.05, 0.1) is 12.7 Å². The minimum absolute atomic E-state index is 0.0885. The molecule has 0 radical (unpaired) electrons. The molecule has 36 heavy (non-hydrogen) atoms. The van der Waals surface area contributed by atoms with Gasteiger partial charge in [0.15, 0.2) is 5.78 Å². The highest BCUT2D eigenvalue weighted by Gasteiger charge is 2.59. The molecule has 4 aliphatic carbocycles. The van der Waals surface area contributed by atoms with Crippen molar-refractivity contribution in [2.24, 2.45) is 40.4 Å². The van der Waals surface area contributed by atoms with E-state index in [9.17, 15) is 9.59 Å². The van der Waals surface area contributed by atoms with Crippen molar-refractivity contribution in [1.29, 1.82) is 0 Å². The molecule has 0 aromatic rings. The van der Waals surface area contributed by atoms with Gasteiger partial charge >= 0.3 is 5.97 Å². The highest BCUT2D eigenvalue weighted by molar-refractivity contribution is 5.94. The molecule has 2 unspecified atom stereocenters. The summed E-state index contributed by atoms with van der Waals surface area (Å²) in [5.41, 5.74) is 1.94. The Hall–Kier alpha value is -1.20. The molecule has 0 heterocycles. The molecule has 5 heteroatoms. The van der Waals surface area contributed by atoms with E-state index in [-0.39, 0.29) is 23.4 Å². The van der Waals surface area contributed by atoms with Crippen LogP contribution in [0.25, 0.3) is 0 Å². The molecule has 0 bridgehead atoms. The van der Waals surface area contributed by atoms with Crippen molar-refractivity contribution in [3.8, 4) is 0 Å². The average Bonchev–Trinajstić information content (AvgIpc) is 3.20. The van der Waals surface area contributed by atoms with E-state index < -0.39 is 0 Å². The van der Waals surface area contributed by atoms with Gasteiger partial charge in [-0.05, 0) is 91.9 Å². The quantitative estimate of drug-likeness (QED) is 0.175. The van der Waals surface area contributed by atoms with E-state index >= 15 is 0 Å². The summed E-state index contributed by atoms with van der Waals surface area (Å²) in [5.74, 6) is 2.91. The maximum absolute atomic E-state index is 13.5. The van der Waals surface area contributed by atoms with Crippen molar-refractivity contribution in [1.82, 2.24) is 0 Å². The summed E-state index contributed by atoms with van der Waals surface area (Å²) in [5, 5.41) is 0. The van der Waals surface area contributed by atoms with E-state index in [1.165, 1.54) is 57.4 Å². The van der Waals surface area contributed by atoms with Gasteiger partial charge < -0.3 is 14.2 Å². The summed E-state index contributed by atoms with van der Waals surface area (Å²) in [7, 11) is 1.66. The molecular formula is C31H50O5. The summed E-state index contributed by atoms with van der Waals surface area (Å²) in [6, 6.07) is 0. The van der Waals surface area contributed by atoms with Crippen molar-refractivity contribution >= 4 is 11.8 Å². The molecule has 0 N–H and O–H groups in total. The number of carbonyl (C=O) groups excluding carboxylic acids is 2. The lowest BCUT2D eigenvalue weighted by Crippen LogP contribution is -2.52. The first kappa shape index (κ1) is 27.8. The van der Waals surface area contributed by atoms with Crippen molar-refractivity contribution in [2.75, 3.05) is 20.5 Å². The molecule has 0 saturated heterocycles. The lowest BCUT2D eigenvalue weighted by atomic mass is 9.47. The summed E-state index contributed by atoms with van der Waals surface area (Å²) in [6.07, 6.45) is 16.2. The Balaban J connectivity index is 1.36. The van der Waals surface area contributed by atoms with Gasteiger partial charge in [0, 0.05) is 20.0 Å². The van der Waals surface area contributed by atoms with Crippen LogP contribution in [0.2, 0.25) is 0 Å². The van der Waals surface area contributed by atoms with Crippen LogP contribution in [0.15, 0.2) is 11.6 Å². The molecule has 3 saturated carbocycles. The number of ether oxygens (including phenoxy) is 3. The third-order valence-corrected chi connectivity index (χ3v) is 10.9. The Morgan fingerprint density at radius 1 is 1.00 bits per heavy atom. The number of hydrogen-bond donors (Lipinski definition) is 0. The Morgan fingerprint density at radius 2 is 1.72 bits per heavy atom. The Labute approximate surface area is 219 Å².